The number of piperidine rings is 1. The topological polar surface area (TPSA) is 60.2 Å². The number of para-hydroxylation sites is 1. The summed E-state index contributed by atoms with van der Waals surface area (Å²) >= 11 is 0. The second-order valence-electron chi connectivity index (χ2n) is 7.53. The van der Waals surface area contributed by atoms with E-state index in [2.05, 4.69) is 22.3 Å². The molecular formula is C23H26N4O2. The van der Waals surface area contributed by atoms with Crippen LogP contribution in [0.3, 0.4) is 0 Å². The van der Waals surface area contributed by atoms with E-state index >= 15 is 0 Å². The van der Waals surface area contributed by atoms with Gasteiger partial charge in [-0.05, 0) is 48.6 Å². The molecule has 0 aliphatic carbocycles. The highest BCUT2D eigenvalue weighted by atomic mass is 16.5. The molecule has 3 aromatic rings. The number of methoxy groups -OCH3 is 1. The predicted molar refractivity (Wildman–Crippen MR) is 111 cm³/mol. The average molecular weight is 390 g/mol. The van der Waals surface area contributed by atoms with Gasteiger partial charge in [-0.3, -0.25) is 9.36 Å². The zero-order valence-electron chi connectivity index (χ0n) is 16.7. The number of hydrogen-bond donors (Lipinski definition) is 0. The molecule has 1 amide bonds. The summed E-state index contributed by atoms with van der Waals surface area (Å²) in [5.41, 5.74) is 2.05. The van der Waals surface area contributed by atoms with Gasteiger partial charge in [0.1, 0.15) is 17.9 Å². The van der Waals surface area contributed by atoms with Gasteiger partial charge in [0, 0.05) is 25.2 Å². The van der Waals surface area contributed by atoms with Crippen LogP contribution in [-0.4, -0.2) is 45.8 Å². The van der Waals surface area contributed by atoms with Crippen LogP contribution in [0.2, 0.25) is 0 Å². The van der Waals surface area contributed by atoms with Crippen LogP contribution in [0.1, 0.15) is 24.2 Å². The molecule has 1 aromatic heterocycles. The molecule has 0 bridgehead atoms. The maximum atomic E-state index is 12.9. The monoisotopic (exact) mass is 390 g/mol. The number of carbonyl (C=O) groups is 1. The lowest BCUT2D eigenvalue weighted by atomic mass is 9.94. The van der Waals surface area contributed by atoms with E-state index in [1.54, 1.807) is 13.4 Å². The Morgan fingerprint density at radius 1 is 1.17 bits per heavy atom. The van der Waals surface area contributed by atoms with Crippen molar-refractivity contribution in [1.29, 1.82) is 0 Å². The van der Waals surface area contributed by atoms with Crippen molar-refractivity contribution in [3.63, 3.8) is 0 Å². The number of carbonyl (C=O) groups excluding carboxylic acids is 1. The van der Waals surface area contributed by atoms with Crippen LogP contribution in [-0.2, 0) is 17.6 Å². The van der Waals surface area contributed by atoms with Crippen LogP contribution in [0.25, 0.3) is 5.69 Å². The number of benzene rings is 2. The normalized spacial score (nSPS) is 16.6. The van der Waals surface area contributed by atoms with Crippen molar-refractivity contribution in [3.05, 3.63) is 72.3 Å². The summed E-state index contributed by atoms with van der Waals surface area (Å²) in [7, 11) is 1.64. The Labute approximate surface area is 171 Å². The maximum absolute atomic E-state index is 12.9. The Balaban J connectivity index is 1.40. The molecule has 0 spiro atoms. The molecule has 6 heteroatoms. The minimum atomic E-state index is 0.174. The zero-order valence-corrected chi connectivity index (χ0v) is 16.7. The number of hydrogen-bond acceptors (Lipinski definition) is 4. The lowest BCUT2D eigenvalue weighted by Crippen LogP contribution is -2.41. The largest absolute Gasteiger partial charge is 0.497 e. The van der Waals surface area contributed by atoms with Gasteiger partial charge < -0.3 is 9.64 Å². The van der Waals surface area contributed by atoms with Gasteiger partial charge in [-0.1, -0.05) is 30.3 Å². The lowest BCUT2D eigenvalue weighted by molar-refractivity contribution is -0.132. The molecule has 1 fully saturated rings. The minimum Gasteiger partial charge on any atom is -0.497 e. The molecule has 2 aromatic carbocycles. The Kier molecular flexibility index (Phi) is 5.89. The molecule has 4 rings (SSSR count). The molecule has 0 radical (unpaired) electrons. The smallest absolute Gasteiger partial charge is 0.227 e. The van der Waals surface area contributed by atoms with Gasteiger partial charge >= 0.3 is 0 Å². The van der Waals surface area contributed by atoms with Gasteiger partial charge in [-0.2, -0.15) is 0 Å². The molecule has 2 heterocycles. The van der Waals surface area contributed by atoms with Gasteiger partial charge in [0.2, 0.25) is 5.91 Å². The zero-order chi connectivity index (χ0) is 20.1. The fourth-order valence-corrected chi connectivity index (χ4v) is 3.99. The van der Waals surface area contributed by atoms with E-state index in [1.165, 1.54) is 0 Å². The minimum absolute atomic E-state index is 0.174. The Morgan fingerprint density at radius 3 is 2.86 bits per heavy atom. The average Bonchev–Trinajstić information content (AvgIpc) is 3.23. The molecule has 6 nitrogen and oxygen atoms in total. The number of rotatable bonds is 6. The fourth-order valence-electron chi connectivity index (χ4n) is 3.99. The van der Waals surface area contributed by atoms with Crippen LogP contribution in [0, 0.1) is 5.92 Å². The third-order valence-electron chi connectivity index (χ3n) is 5.49. The van der Waals surface area contributed by atoms with Crippen molar-refractivity contribution in [2.24, 2.45) is 5.92 Å². The third kappa shape index (κ3) is 4.65. The van der Waals surface area contributed by atoms with E-state index in [0.29, 0.717) is 12.3 Å². The summed E-state index contributed by atoms with van der Waals surface area (Å²) in [6.45, 7) is 1.59. The third-order valence-corrected chi connectivity index (χ3v) is 5.49. The highest BCUT2D eigenvalue weighted by Gasteiger charge is 2.25. The van der Waals surface area contributed by atoms with Crippen LogP contribution >= 0.6 is 0 Å². The Morgan fingerprint density at radius 2 is 2.03 bits per heavy atom. The van der Waals surface area contributed by atoms with Crippen molar-refractivity contribution in [3.8, 4) is 11.4 Å². The highest BCUT2D eigenvalue weighted by molar-refractivity contribution is 5.79. The summed E-state index contributed by atoms with van der Waals surface area (Å²) in [4.78, 5) is 14.9. The van der Waals surface area contributed by atoms with E-state index in [4.69, 9.17) is 4.74 Å². The second kappa shape index (κ2) is 8.90. The van der Waals surface area contributed by atoms with Crippen LogP contribution in [0.4, 0.5) is 0 Å². The van der Waals surface area contributed by atoms with Crippen LogP contribution in [0.5, 0.6) is 5.75 Å². The molecule has 1 unspecified atom stereocenters. The van der Waals surface area contributed by atoms with Crippen LogP contribution in [0.15, 0.2) is 60.9 Å². The number of nitrogens with zero attached hydrogens (tertiary/aromatic N) is 4. The quantitative estimate of drug-likeness (QED) is 0.648. The van der Waals surface area contributed by atoms with E-state index in [-0.39, 0.29) is 5.91 Å². The fraction of sp³-hybridized carbons (Fsp3) is 0.348. The highest BCUT2D eigenvalue weighted by Crippen LogP contribution is 2.22. The summed E-state index contributed by atoms with van der Waals surface area (Å²) < 4.78 is 7.30. The first-order valence-corrected chi connectivity index (χ1v) is 10.1. The SMILES string of the molecule is COc1cccc(CC(=O)N2CCCC(Cc3nncn3-c3ccccc3)C2)c1. The molecule has 1 saturated heterocycles. The molecule has 1 aliphatic rings. The van der Waals surface area contributed by atoms with Gasteiger partial charge in [0.25, 0.3) is 0 Å². The molecule has 1 atom stereocenters. The molecule has 0 N–H and O–H groups in total. The van der Waals surface area contributed by atoms with Gasteiger partial charge in [0.05, 0.1) is 13.5 Å². The standard InChI is InChI=1S/C23H26N4O2/c1-29-21-11-5-7-18(13-21)15-23(28)26-12-6-8-19(16-26)14-22-25-24-17-27(22)20-9-3-2-4-10-20/h2-5,7,9-11,13,17,19H,6,8,12,14-16H2,1H3. The first-order valence-electron chi connectivity index (χ1n) is 10.1. The van der Waals surface area contributed by atoms with E-state index in [9.17, 15) is 4.79 Å². The first-order chi connectivity index (χ1) is 14.2. The van der Waals surface area contributed by atoms with Crippen molar-refractivity contribution < 1.29 is 9.53 Å². The van der Waals surface area contributed by atoms with Crippen LogP contribution < -0.4 is 4.74 Å². The van der Waals surface area contributed by atoms with E-state index in [1.807, 2.05) is 51.9 Å². The molecule has 1 aliphatic heterocycles. The summed E-state index contributed by atoms with van der Waals surface area (Å²) in [5, 5.41) is 8.45. The lowest BCUT2D eigenvalue weighted by Gasteiger charge is -2.32. The van der Waals surface area contributed by atoms with E-state index < -0.39 is 0 Å². The summed E-state index contributed by atoms with van der Waals surface area (Å²) in [6, 6.07) is 17.9. The number of ether oxygens (including phenoxy) is 1. The number of likely N-dealkylation sites (tertiary alicyclic amines) is 1. The van der Waals surface area contributed by atoms with Crippen molar-refractivity contribution >= 4 is 5.91 Å². The predicted octanol–water partition coefficient (Wildman–Crippen LogP) is 3.30. The molecule has 0 saturated carbocycles. The molecule has 29 heavy (non-hydrogen) atoms. The number of amides is 1. The summed E-state index contributed by atoms with van der Waals surface area (Å²) in [6.07, 6.45) is 5.11. The van der Waals surface area contributed by atoms with Gasteiger partial charge in [0.15, 0.2) is 0 Å². The first kappa shape index (κ1) is 19.2. The van der Waals surface area contributed by atoms with Crippen molar-refractivity contribution in [2.45, 2.75) is 25.7 Å². The Hall–Kier alpha value is -3.15. The van der Waals surface area contributed by atoms with Crippen molar-refractivity contribution in [1.82, 2.24) is 19.7 Å². The second-order valence-corrected chi connectivity index (χ2v) is 7.53. The number of aromatic nitrogens is 3. The van der Waals surface area contributed by atoms with Gasteiger partial charge in [-0.15, -0.1) is 10.2 Å². The maximum Gasteiger partial charge on any atom is 0.227 e. The Bertz CT molecular complexity index is 954. The summed E-state index contributed by atoms with van der Waals surface area (Å²) in [5.74, 6) is 2.30. The molecule has 150 valence electrons. The molecular weight excluding hydrogens is 364 g/mol. The van der Waals surface area contributed by atoms with E-state index in [0.717, 1.165) is 55.2 Å². The van der Waals surface area contributed by atoms with Crippen molar-refractivity contribution in [2.75, 3.05) is 20.2 Å². The van der Waals surface area contributed by atoms with Gasteiger partial charge in [-0.25, -0.2) is 0 Å².